The van der Waals surface area contributed by atoms with Gasteiger partial charge < -0.3 is 15.4 Å². The van der Waals surface area contributed by atoms with Gasteiger partial charge in [-0.25, -0.2) is 8.42 Å². The first-order valence-corrected chi connectivity index (χ1v) is 9.86. The standard InChI is InChI=1S/C19H17N3O3S2/c1-25-18-10-9-16(27(23,24)15-7-3-2-4-8-15)12-17(18)22-19(26)21-14-6-5-11-20-13-14/h2-13H,1H3,(H2,21,22,26). The maximum absolute atomic E-state index is 12.8. The fourth-order valence-electron chi connectivity index (χ4n) is 2.41. The van der Waals surface area contributed by atoms with E-state index in [0.717, 1.165) is 0 Å². The van der Waals surface area contributed by atoms with Gasteiger partial charge in [-0.2, -0.15) is 0 Å². The minimum absolute atomic E-state index is 0.140. The van der Waals surface area contributed by atoms with Crippen molar-refractivity contribution in [2.75, 3.05) is 17.7 Å². The number of ether oxygens (including phenoxy) is 1. The third kappa shape index (κ3) is 4.42. The van der Waals surface area contributed by atoms with Gasteiger partial charge in [0, 0.05) is 6.20 Å². The van der Waals surface area contributed by atoms with Gasteiger partial charge in [-0.05, 0) is 54.7 Å². The molecule has 138 valence electrons. The van der Waals surface area contributed by atoms with Gasteiger partial charge in [0.2, 0.25) is 9.84 Å². The molecule has 2 N–H and O–H groups in total. The smallest absolute Gasteiger partial charge is 0.206 e. The van der Waals surface area contributed by atoms with Crippen molar-refractivity contribution < 1.29 is 13.2 Å². The molecule has 1 heterocycles. The average Bonchev–Trinajstić information content (AvgIpc) is 2.69. The molecule has 0 atom stereocenters. The molecule has 8 heteroatoms. The molecule has 27 heavy (non-hydrogen) atoms. The number of pyridine rings is 1. The Kier molecular flexibility index (Phi) is 5.68. The Bertz CT molecular complexity index is 1040. The van der Waals surface area contributed by atoms with Crippen molar-refractivity contribution in [3.63, 3.8) is 0 Å². The molecule has 2 aromatic carbocycles. The molecule has 3 aromatic rings. The van der Waals surface area contributed by atoms with E-state index >= 15 is 0 Å². The highest BCUT2D eigenvalue weighted by molar-refractivity contribution is 7.91. The van der Waals surface area contributed by atoms with E-state index in [0.29, 0.717) is 17.1 Å². The molecule has 6 nitrogen and oxygen atoms in total. The molecule has 0 radical (unpaired) electrons. The number of anilines is 2. The number of hydrogen-bond acceptors (Lipinski definition) is 5. The first kappa shape index (κ1) is 18.8. The van der Waals surface area contributed by atoms with Crippen molar-refractivity contribution in [3.05, 3.63) is 73.1 Å². The zero-order chi connectivity index (χ0) is 19.3. The number of sulfone groups is 1. The zero-order valence-corrected chi connectivity index (χ0v) is 16.0. The molecule has 0 aliphatic rings. The Morgan fingerprint density at radius 1 is 1.00 bits per heavy atom. The highest BCUT2D eigenvalue weighted by Crippen LogP contribution is 2.30. The summed E-state index contributed by atoms with van der Waals surface area (Å²) in [4.78, 5) is 4.36. The second kappa shape index (κ2) is 8.15. The van der Waals surface area contributed by atoms with E-state index in [-0.39, 0.29) is 14.9 Å². The van der Waals surface area contributed by atoms with Crippen molar-refractivity contribution in [2.24, 2.45) is 0 Å². The summed E-state index contributed by atoms with van der Waals surface area (Å²) in [7, 11) is -2.15. The molecule has 1 aromatic heterocycles. The molecule has 0 fully saturated rings. The van der Waals surface area contributed by atoms with Crippen LogP contribution in [0.25, 0.3) is 0 Å². The summed E-state index contributed by atoms with van der Waals surface area (Å²) in [6.45, 7) is 0. The van der Waals surface area contributed by atoms with E-state index < -0.39 is 9.84 Å². The van der Waals surface area contributed by atoms with Crippen molar-refractivity contribution in [2.45, 2.75) is 9.79 Å². The van der Waals surface area contributed by atoms with Crippen LogP contribution in [0.2, 0.25) is 0 Å². The second-order valence-corrected chi connectivity index (χ2v) is 7.86. The molecule has 0 unspecified atom stereocenters. The lowest BCUT2D eigenvalue weighted by atomic mass is 10.3. The predicted molar refractivity (Wildman–Crippen MR) is 109 cm³/mol. The highest BCUT2D eigenvalue weighted by Gasteiger charge is 2.19. The van der Waals surface area contributed by atoms with E-state index in [4.69, 9.17) is 17.0 Å². The number of nitrogens with zero attached hydrogens (tertiary/aromatic N) is 1. The lowest BCUT2D eigenvalue weighted by Crippen LogP contribution is -2.19. The average molecular weight is 399 g/mol. The normalized spacial score (nSPS) is 10.9. The predicted octanol–water partition coefficient (Wildman–Crippen LogP) is 3.73. The first-order chi connectivity index (χ1) is 13.0. The van der Waals surface area contributed by atoms with Crippen LogP contribution in [-0.4, -0.2) is 25.6 Å². The van der Waals surface area contributed by atoms with Crippen LogP contribution in [0.1, 0.15) is 0 Å². The Hall–Kier alpha value is -2.97. The minimum atomic E-state index is -3.65. The van der Waals surface area contributed by atoms with Crippen molar-refractivity contribution in [1.82, 2.24) is 4.98 Å². The second-order valence-electron chi connectivity index (χ2n) is 5.50. The summed E-state index contributed by atoms with van der Waals surface area (Å²) in [6.07, 6.45) is 3.28. The van der Waals surface area contributed by atoms with Crippen LogP contribution in [-0.2, 0) is 9.84 Å². The third-order valence-electron chi connectivity index (χ3n) is 3.70. The number of aromatic nitrogens is 1. The minimum Gasteiger partial charge on any atom is -0.495 e. The van der Waals surface area contributed by atoms with E-state index in [1.807, 2.05) is 6.07 Å². The van der Waals surface area contributed by atoms with Gasteiger partial charge in [-0.3, -0.25) is 4.98 Å². The van der Waals surface area contributed by atoms with Crippen LogP contribution < -0.4 is 15.4 Å². The van der Waals surface area contributed by atoms with Gasteiger partial charge in [0.15, 0.2) is 5.11 Å². The number of hydrogen-bond donors (Lipinski definition) is 2. The molecular formula is C19H17N3O3S2. The summed E-state index contributed by atoms with van der Waals surface area (Å²) >= 11 is 5.30. The number of methoxy groups -OCH3 is 1. The Balaban J connectivity index is 1.89. The number of thiocarbonyl (C=S) groups is 1. The SMILES string of the molecule is COc1ccc(S(=O)(=O)c2ccccc2)cc1NC(=S)Nc1cccnc1. The Morgan fingerprint density at radius 3 is 2.44 bits per heavy atom. The summed E-state index contributed by atoms with van der Waals surface area (Å²) in [5.74, 6) is 0.470. The van der Waals surface area contributed by atoms with E-state index in [9.17, 15) is 8.42 Å². The van der Waals surface area contributed by atoms with E-state index in [1.54, 1.807) is 54.9 Å². The summed E-state index contributed by atoms with van der Waals surface area (Å²) in [6, 6.07) is 16.4. The highest BCUT2D eigenvalue weighted by atomic mass is 32.2. The largest absolute Gasteiger partial charge is 0.495 e. The van der Waals surface area contributed by atoms with Crippen LogP contribution in [0.15, 0.2) is 82.8 Å². The summed E-state index contributed by atoms with van der Waals surface area (Å²) in [5, 5.41) is 6.25. The first-order valence-electron chi connectivity index (χ1n) is 7.97. The monoisotopic (exact) mass is 399 g/mol. The molecule has 0 aliphatic carbocycles. The molecule has 3 rings (SSSR count). The molecule has 0 amide bonds. The molecule has 0 aliphatic heterocycles. The van der Waals surface area contributed by atoms with E-state index in [1.165, 1.54) is 19.2 Å². The lowest BCUT2D eigenvalue weighted by Gasteiger charge is -2.15. The number of rotatable bonds is 5. The third-order valence-corrected chi connectivity index (χ3v) is 5.67. The fourth-order valence-corrected chi connectivity index (χ4v) is 3.94. The van der Waals surface area contributed by atoms with Crippen molar-refractivity contribution in [3.8, 4) is 5.75 Å². The van der Waals surface area contributed by atoms with Crippen LogP contribution >= 0.6 is 12.2 Å². The van der Waals surface area contributed by atoms with Crippen LogP contribution in [0.3, 0.4) is 0 Å². The molecule has 0 bridgehead atoms. The number of benzene rings is 2. The summed E-state index contributed by atoms with van der Waals surface area (Å²) in [5.41, 5.74) is 1.15. The molecule has 0 spiro atoms. The van der Waals surface area contributed by atoms with Crippen LogP contribution in [0.4, 0.5) is 11.4 Å². The van der Waals surface area contributed by atoms with Crippen molar-refractivity contribution in [1.29, 1.82) is 0 Å². The maximum Gasteiger partial charge on any atom is 0.206 e. The fraction of sp³-hybridized carbons (Fsp3) is 0.0526. The van der Waals surface area contributed by atoms with Crippen molar-refractivity contribution >= 4 is 38.5 Å². The molecule has 0 saturated heterocycles. The Labute approximate surface area is 163 Å². The van der Waals surface area contributed by atoms with Gasteiger partial charge in [-0.1, -0.05) is 18.2 Å². The van der Waals surface area contributed by atoms with E-state index in [2.05, 4.69) is 15.6 Å². The molecular weight excluding hydrogens is 382 g/mol. The quantitative estimate of drug-likeness (QED) is 0.633. The van der Waals surface area contributed by atoms with Crippen LogP contribution in [0, 0.1) is 0 Å². The van der Waals surface area contributed by atoms with Crippen LogP contribution in [0.5, 0.6) is 5.75 Å². The Morgan fingerprint density at radius 2 is 1.78 bits per heavy atom. The van der Waals surface area contributed by atoms with Gasteiger partial charge in [0.05, 0.1) is 34.5 Å². The van der Waals surface area contributed by atoms with Gasteiger partial charge >= 0.3 is 0 Å². The molecule has 0 saturated carbocycles. The maximum atomic E-state index is 12.8. The zero-order valence-electron chi connectivity index (χ0n) is 14.4. The number of nitrogens with one attached hydrogen (secondary N) is 2. The lowest BCUT2D eigenvalue weighted by molar-refractivity contribution is 0.416. The van der Waals surface area contributed by atoms with Gasteiger partial charge in [-0.15, -0.1) is 0 Å². The van der Waals surface area contributed by atoms with Gasteiger partial charge in [0.25, 0.3) is 0 Å². The summed E-state index contributed by atoms with van der Waals surface area (Å²) < 4.78 is 31.0. The topological polar surface area (TPSA) is 80.3 Å². The van der Waals surface area contributed by atoms with Gasteiger partial charge in [0.1, 0.15) is 5.75 Å².